The molecule has 1 N–H and O–H groups in total. The van der Waals surface area contributed by atoms with E-state index in [0.29, 0.717) is 37.1 Å². The molecule has 2 saturated carbocycles. The number of amides is 1. The number of nitriles is 1. The van der Waals surface area contributed by atoms with Crippen molar-refractivity contribution in [2.24, 2.45) is 5.41 Å². The Morgan fingerprint density at radius 2 is 2.07 bits per heavy atom. The Hall–Kier alpha value is -3.15. The number of hydrogen-bond acceptors (Lipinski definition) is 5. The van der Waals surface area contributed by atoms with E-state index in [1.54, 1.807) is 0 Å². The summed E-state index contributed by atoms with van der Waals surface area (Å²) in [6.07, 6.45) is 3.26. The van der Waals surface area contributed by atoms with Gasteiger partial charge in [0.1, 0.15) is 18.3 Å². The lowest BCUT2D eigenvalue weighted by molar-refractivity contribution is -0.117. The van der Waals surface area contributed by atoms with Crippen LogP contribution in [0.1, 0.15) is 49.4 Å². The summed E-state index contributed by atoms with van der Waals surface area (Å²) in [5.41, 5.74) is -0.311. The SMILES string of the molecule is N#Cc1ccc(NC(=O)Cn2nc(C3CCC4(CC4)C(F)(F)C3)ccc2=O)cn1. The number of aromatic nitrogens is 3. The van der Waals surface area contributed by atoms with Crippen LogP contribution in [0.5, 0.6) is 0 Å². The summed E-state index contributed by atoms with van der Waals surface area (Å²) in [4.78, 5) is 28.2. The highest BCUT2D eigenvalue weighted by atomic mass is 19.3. The van der Waals surface area contributed by atoms with Crippen molar-refractivity contribution >= 4 is 11.6 Å². The molecule has 1 atom stereocenters. The summed E-state index contributed by atoms with van der Waals surface area (Å²) in [5.74, 6) is -3.67. The van der Waals surface area contributed by atoms with Crippen molar-refractivity contribution in [3.05, 3.63) is 52.2 Å². The topological polar surface area (TPSA) is 101 Å². The molecule has 2 aliphatic carbocycles. The molecule has 9 heteroatoms. The molecule has 2 heterocycles. The lowest BCUT2D eigenvalue weighted by Crippen LogP contribution is -2.37. The minimum Gasteiger partial charge on any atom is -0.323 e. The maximum atomic E-state index is 14.5. The normalized spacial score (nSPS) is 21.3. The second-order valence-corrected chi connectivity index (χ2v) is 7.77. The summed E-state index contributed by atoms with van der Waals surface area (Å²) in [7, 11) is 0. The highest BCUT2D eigenvalue weighted by molar-refractivity contribution is 5.90. The zero-order valence-corrected chi connectivity index (χ0v) is 15.6. The number of nitrogens with one attached hydrogen (secondary N) is 1. The molecule has 0 radical (unpaired) electrons. The van der Waals surface area contributed by atoms with Crippen molar-refractivity contribution in [3.63, 3.8) is 0 Å². The van der Waals surface area contributed by atoms with Crippen molar-refractivity contribution in [1.82, 2.24) is 14.8 Å². The molecule has 2 aliphatic rings. The Labute approximate surface area is 165 Å². The molecule has 2 aromatic rings. The predicted molar refractivity (Wildman–Crippen MR) is 99.3 cm³/mol. The fourth-order valence-corrected chi connectivity index (χ4v) is 3.95. The number of rotatable bonds is 4. The molecule has 150 valence electrons. The molecule has 4 rings (SSSR count). The zero-order valence-electron chi connectivity index (χ0n) is 15.6. The first-order chi connectivity index (χ1) is 13.8. The van der Waals surface area contributed by atoms with Gasteiger partial charge >= 0.3 is 0 Å². The van der Waals surface area contributed by atoms with E-state index < -0.39 is 28.7 Å². The lowest BCUT2D eigenvalue weighted by atomic mass is 9.75. The van der Waals surface area contributed by atoms with Crippen LogP contribution < -0.4 is 10.9 Å². The van der Waals surface area contributed by atoms with E-state index in [-0.39, 0.29) is 18.7 Å². The van der Waals surface area contributed by atoms with Crippen molar-refractivity contribution < 1.29 is 13.6 Å². The molecule has 29 heavy (non-hydrogen) atoms. The van der Waals surface area contributed by atoms with Gasteiger partial charge in [-0.15, -0.1) is 0 Å². The zero-order chi connectivity index (χ0) is 20.6. The average molecular weight is 399 g/mol. The van der Waals surface area contributed by atoms with Gasteiger partial charge in [-0.2, -0.15) is 10.4 Å². The van der Waals surface area contributed by atoms with Crippen LogP contribution in [0.4, 0.5) is 14.5 Å². The maximum absolute atomic E-state index is 14.5. The molecule has 0 aromatic carbocycles. The maximum Gasteiger partial charge on any atom is 0.267 e. The summed E-state index contributed by atoms with van der Waals surface area (Å²) >= 11 is 0. The summed E-state index contributed by atoms with van der Waals surface area (Å²) in [6.45, 7) is -0.347. The monoisotopic (exact) mass is 399 g/mol. The molecule has 0 bridgehead atoms. The summed E-state index contributed by atoms with van der Waals surface area (Å²) in [5, 5.41) is 15.5. The van der Waals surface area contributed by atoms with E-state index in [0.717, 1.165) is 4.68 Å². The molecule has 1 unspecified atom stereocenters. The number of hydrogen-bond donors (Lipinski definition) is 1. The molecular weight excluding hydrogens is 380 g/mol. The van der Waals surface area contributed by atoms with Gasteiger partial charge in [0.2, 0.25) is 5.91 Å². The number of halogens is 2. The van der Waals surface area contributed by atoms with E-state index >= 15 is 0 Å². The second kappa shape index (κ2) is 7.03. The largest absolute Gasteiger partial charge is 0.323 e. The molecule has 1 spiro atoms. The molecule has 7 nitrogen and oxygen atoms in total. The first-order valence-electron chi connectivity index (χ1n) is 9.44. The number of carbonyl (C=O) groups is 1. The smallest absolute Gasteiger partial charge is 0.267 e. The van der Waals surface area contributed by atoms with Crippen LogP contribution in [0.15, 0.2) is 35.3 Å². The van der Waals surface area contributed by atoms with Crippen LogP contribution in [0.25, 0.3) is 0 Å². The number of pyridine rings is 1. The average Bonchev–Trinajstić information content (AvgIpc) is 3.48. The van der Waals surface area contributed by atoms with Crippen LogP contribution in [-0.2, 0) is 11.3 Å². The van der Waals surface area contributed by atoms with E-state index in [1.807, 2.05) is 6.07 Å². The van der Waals surface area contributed by atoms with Gasteiger partial charge in [0.05, 0.1) is 17.6 Å². The van der Waals surface area contributed by atoms with Gasteiger partial charge < -0.3 is 5.32 Å². The highest BCUT2D eigenvalue weighted by Gasteiger charge is 2.63. The van der Waals surface area contributed by atoms with Crippen molar-refractivity contribution in [3.8, 4) is 6.07 Å². The third-order valence-electron chi connectivity index (χ3n) is 5.86. The van der Waals surface area contributed by atoms with Gasteiger partial charge in [-0.05, 0) is 43.9 Å². The van der Waals surface area contributed by atoms with Gasteiger partial charge in [0.25, 0.3) is 11.5 Å². The fourth-order valence-electron chi connectivity index (χ4n) is 3.95. The van der Waals surface area contributed by atoms with Crippen molar-refractivity contribution in [2.45, 2.75) is 50.5 Å². The van der Waals surface area contributed by atoms with Crippen LogP contribution in [0, 0.1) is 16.7 Å². The minimum atomic E-state index is -2.72. The van der Waals surface area contributed by atoms with E-state index in [2.05, 4.69) is 15.4 Å². The number of carbonyl (C=O) groups excluding carboxylic acids is 1. The summed E-state index contributed by atoms with van der Waals surface area (Å²) < 4.78 is 29.9. The van der Waals surface area contributed by atoms with Gasteiger partial charge in [-0.1, -0.05) is 0 Å². The van der Waals surface area contributed by atoms with Crippen molar-refractivity contribution in [1.29, 1.82) is 5.26 Å². The Morgan fingerprint density at radius 3 is 2.69 bits per heavy atom. The van der Waals surface area contributed by atoms with Gasteiger partial charge in [0.15, 0.2) is 0 Å². The van der Waals surface area contributed by atoms with Crippen LogP contribution in [0.3, 0.4) is 0 Å². The lowest BCUT2D eigenvalue weighted by Gasteiger charge is -2.36. The quantitative estimate of drug-likeness (QED) is 0.852. The Balaban J connectivity index is 1.46. The van der Waals surface area contributed by atoms with Gasteiger partial charge in [-0.25, -0.2) is 18.4 Å². The van der Waals surface area contributed by atoms with E-state index in [9.17, 15) is 18.4 Å². The summed E-state index contributed by atoms with van der Waals surface area (Å²) in [6, 6.07) is 7.59. The van der Waals surface area contributed by atoms with Crippen LogP contribution in [0.2, 0.25) is 0 Å². The fraction of sp³-hybridized carbons (Fsp3) is 0.450. The molecule has 2 aromatic heterocycles. The Morgan fingerprint density at radius 1 is 1.28 bits per heavy atom. The second-order valence-electron chi connectivity index (χ2n) is 7.77. The van der Waals surface area contributed by atoms with Crippen LogP contribution >= 0.6 is 0 Å². The third-order valence-corrected chi connectivity index (χ3v) is 5.86. The molecule has 2 fully saturated rings. The van der Waals surface area contributed by atoms with Crippen LogP contribution in [-0.4, -0.2) is 26.6 Å². The molecular formula is C20H19F2N5O2. The first-order valence-corrected chi connectivity index (χ1v) is 9.44. The van der Waals surface area contributed by atoms with Crippen molar-refractivity contribution in [2.75, 3.05) is 5.32 Å². The Bertz CT molecular complexity index is 1040. The predicted octanol–water partition coefficient (Wildman–Crippen LogP) is 2.83. The Kier molecular flexibility index (Phi) is 4.65. The van der Waals surface area contributed by atoms with Gasteiger partial charge in [0, 0.05) is 23.8 Å². The highest BCUT2D eigenvalue weighted by Crippen LogP contribution is 2.65. The van der Waals surface area contributed by atoms with E-state index in [4.69, 9.17) is 5.26 Å². The molecule has 0 aliphatic heterocycles. The minimum absolute atomic E-state index is 0.214. The standard InChI is InChI=1S/C20H19F2N5O2/c21-20(22)9-13(5-6-19(20)7-8-19)16-3-4-18(29)27(26-16)12-17(28)25-15-2-1-14(10-23)24-11-15/h1-4,11,13H,5-9,12H2,(H,25,28). The molecule has 0 saturated heterocycles. The first kappa shape index (κ1) is 19.2. The van der Waals surface area contributed by atoms with E-state index in [1.165, 1.54) is 30.5 Å². The number of alkyl halides is 2. The van der Waals surface area contributed by atoms with Gasteiger partial charge in [-0.3, -0.25) is 9.59 Å². The number of nitrogens with zero attached hydrogens (tertiary/aromatic N) is 4. The third kappa shape index (κ3) is 3.75. The number of anilines is 1. The molecule has 1 amide bonds.